The highest BCUT2D eigenvalue weighted by molar-refractivity contribution is 7.81. The number of thiol groups is 1. The Morgan fingerprint density at radius 2 is 2.30 bits per heavy atom. The van der Waals surface area contributed by atoms with E-state index in [2.05, 4.69) is 24.5 Å². The molecule has 1 aliphatic carbocycles. The fraction of sp³-hybridized carbons (Fsp3) is 0.571. The van der Waals surface area contributed by atoms with Crippen LogP contribution in [0.2, 0.25) is 0 Å². The predicted octanol–water partition coefficient (Wildman–Crippen LogP) is 0.749. The van der Waals surface area contributed by atoms with E-state index in [1.807, 2.05) is 0 Å². The van der Waals surface area contributed by atoms with E-state index < -0.39 is 0 Å². The third-order valence-corrected chi connectivity index (χ3v) is 2.07. The van der Waals surface area contributed by atoms with Crippen LogP contribution in [0.5, 0.6) is 0 Å². The van der Waals surface area contributed by atoms with E-state index in [4.69, 9.17) is 0 Å². The molecule has 0 atom stereocenters. The molecule has 2 nitrogen and oxygen atoms in total. The van der Waals surface area contributed by atoms with E-state index in [1.54, 1.807) is 0 Å². The lowest BCUT2D eigenvalue weighted by Gasteiger charge is -2.31. The molecule has 0 aromatic heterocycles. The van der Waals surface area contributed by atoms with Gasteiger partial charge in [0.25, 0.3) is 0 Å². The average Bonchev–Trinajstić information content (AvgIpc) is 1.84. The van der Waals surface area contributed by atoms with Crippen LogP contribution in [0.4, 0.5) is 0 Å². The summed E-state index contributed by atoms with van der Waals surface area (Å²) in [5.74, 6) is -0.0785. The molecule has 0 spiro atoms. The second kappa shape index (κ2) is 3.10. The number of hydrogen-bond acceptors (Lipinski definition) is 2. The minimum absolute atomic E-state index is 0.0785. The van der Waals surface area contributed by atoms with Gasteiger partial charge < -0.3 is 5.32 Å². The molecule has 1 saturated carbocycles. The average molecular weight is 157 g/mol. The quantitative estimate of drug-likeness (QED) is 0.449. The summed E-state index contributed by atoms with van der Waals surface area (Å²) in [4.78, 5) is 10.7. The number of hydrogen-bond donors (Lipinski definition) is 2. The van der Waals surface area contributed by atoms with Crippen LogP contribution in [0, 0.1) is 0 Å². The largest absolute Gasteiger partial charge is 0.350 e. The van der Waals surface area contributed by atoms with Crippen molar-refractivity contribution >= 4 is 18.5 Å². The Hall–Kier alpha value is -0.440. The van der Waals surface area contributed by atoms with Gasteiger partial charge in [0, 0.05) is 11.3 Å². The number of nitrogens with one attached hydrogen (secondary N) is 1. The molecule has 3 heteroatoms. The highest BCUT2D eigenvalue weighted by Crippen LogP contribution is 2.24. The Morgan fingerprint density at radius 1 is 1.70 bits per heavy atom. The zero-order valence-electron chi connectivity index (χ0n) is 5.71. The molecule has 1 amide bonds. The predicted molar refractivity (Wildman–Crippen MR) is 44.1 cm³/mol. The number of rotatable bonds is 2. The Kier molecular flexibility index (Phi) is 2.38. The molecule has 0 radical (unpaired) electrons. The first-order chi connectivity index (χ1) is 4.72. The van der Waals surface area contributed by atoms with Gasteiger partial charge in [-0.1, -0.05) is 6.58 Å². The molecular formula is C7H11NOS. The zero-order valence-corrected chi connectivity index (χ0v) is 6.60. The van der Waals surface area contributed by atoms with Crippen molar-refractivity contribution in [2.75, 3.05) is 0 Å². The molecule has 1 N–H and O–H groups in total. The topological polar surface area (TPSA) is 29.1 Å². The van der Waals surface area contributed by atoms with Gasteiger partial charge in [0.05, 0.1) is 0 Å². The number of carbonyl (C=O) groups excluding carboxylic acids is 1. The second-order valence-electron chi connectivity index (χ2n) is 2.53. The molecule has 56 valence electrons. The Labute approximate surface area is 66.1 Å². The molecule has 0 aliphatic heterocycles. The van der Waals surface area contributed by atoms with Gasteiger partial charge in [0.2, 0.25) is 5.91 Å². The van der Waals surface area contributed by atoms with Gasteiger partial charge in [-0.25, -0.2) is 0 Å². The van der Waals surface area contributed by atoms with Crippen molar-refractivity contribution in [1.82, 2.24) is 5.32 Å². The molecule has 1 fully saturated rings. The van der Waals surface area contributed by atoms with Crippen LogP contribution in [0.1, 0.15) is 12.8 Å². The van der Waals surface area contributed by atoms with Crippen molar-refractivity contribution in [3.05, 3.63) is 12.7 Å². The van der Waals surface area contributed by atoms with Crippen molar-refractivity contribution in [1.29, 1.82) is 0 Å². The highest BCUT2D eigenvalue weighted by atomic mass is 32.1. The molecule has 0 saturated heterocycles. The maximum atomic E-state index is 10.7. The Morgan fingerprint density at radius 3 is 2.70 bits per heavy atom. The SMILES string of the molecule is C=CC(=O)N[C@H]1C[C@@H](S)C1. The number of carbonyl (C=O) groups is 1. The summed E-state index contributed by atoms with van der Waals surface area (Å²) >= 11 is 4.22. The van der Waals surface area contributed by atoms with Gasteiger partial charge in [-0.3, -0.25) is 4.79 Å². The minimum atomic E-state index is -0.0785. The van der Waals surface area contributed by atoms with E-state index in [0.29, 0.717) is 11.3 Å². The first kappa shape index (κ1) is 7.66. The standard InChI is InChI=1S/C7H11NOS/c1-2-7(9)8-5-3-6(10)4-5/h2,5-6,10H,1,3-4H2,(H,8,9)/t5-,6+. The van der Waals surface area contributed by atoms with E-state index in [9.17, 15) is 4.79 Å². The molecule has 0 bridgehead atoms. The van der Waals surface area contributed by atoms with E-state index in [-0.39, 0.29) is 5.91 Å². The smallest absolute Gasteiger partial charge is 0.243 e. The van der Waals surface area contributed by atoms with Crippen LogP contribution in [-0.4, -0.2) is 17.2 Å². The van der Waals surface area contributed by atoms with Crippen LogP contribution < -0.4 is 5.32 Å². The Balaban J connectivity index is 2.16. The lowest BCUT2D eigenvalue weighted by Crippen LogP contribution is -2.44. The first-order valence-corrected chi connectivity index (χ1v) is 3.85. The summed E-state index contributed by atoms with van der Waals surface area (Å²) < 4.78 is 0. The van der Waals surface area contributed by atoms with Gasteiger partial charge in [-0.15, -0.1) is 0 Å². The van der Waals surface area contributed by atoms with Crippen LogP contribution in [0.15, 0.2) is 12.7 Å². The number of amides is 1. The van der Waals surface area contributed by atoms with Crippen molar-refractivity contribution in [3.63, 3.8) is 0 Å². The lowest BCUT2D eigenvalue weighted by atomic mass is 9.92. The van der Waals surface area contributed by atoms with Crippen molar-refractivity contribution in [2.24, 2.45) is 0 Å². The normalized spacial score (nSPS) is 30.5. The summed E-state index contributed by atoms with van der Waals surface area (Å²) in [5, 5.41) is 3.27. The zero-order chi connectivity index (χ0) is 7.56. The molecule has 1 rings (SSSR count). The molecule has 0 unspecified atom stereocenters. The highest BCUT2D eigenvalue weighted by Gasteiger charge is 2.26. The van der Waals surface area contributed by atoms with Crippen LogP contribution in [0.3, 0.4) is 0 Å². The van der Waals surface area contributed by atoms with Gasteiger partial charge in [0.15, 0.2) is 0 Å². The van der Waals surface area contributed by atoms with E-state index in [0.717, 1.165) is 12.8 Å². The molecule has 0 aromatic rings. The first-order valence-electron chi connectivity index (χ1n) is 3.33. The van der Waals surface area contributed by atoms with Crippen LogP contribution >= 0.6 is 12.6 Å². The van der Waals surface area contributed by atoms with E-state index >= 15 is 0 Å². The van der Waals surface area contributed by atoms with Crippen molar-refractivity contribution < 1.29 is 4.79 Å². The van der Waals surface area contributed by atoms with Crippen LogP contribution in [-0.2, 0) is 4.79 Å². The molecular weight excluding hydrogens is 146 g/mol. The monoisotopic (exact) mass is 157 g/mol. The molecule has 0 aromatic carbocycles. The summed E-state index contributed by atoms with van der Waals surface area (Å²) in [6.07, 6.45) is 3.28. The maximum Gasteiger partial charge on any atom is 0.243 e. The third-order valence-electron chi connectivity index (χ3n) is 1.64. The summed E-state index contributed by atoms with van der Waals surface area (Å²) in [5.41, 5.74) is 0. The summed E-state index contributed by atoms with van der Waals surface area (Å²) in [6.45, 7) is 3.36. The summed E-state index contributed by atoms with van der Waals surface area (Å²) in [7, 11) is 0. The second-order valence-corrected chi connectivity index (χ2v) is 3.27. The van der Waals surface area contributed by atoms with Gasteiger partial charge in [0.1, 0.15) is 0 Å². The van der Waals surface area contributed by atoms with Crippen molar-refractivity contribution in [3.8, 4) is 0 Å². The van der Waals surface area contributed by atoms with Gasteiger partial charge in [-0.05, 0) is 18.9 Å². The minimum Gasteiger partial charge on any atom is -0.350 e. The lowest BCUT2D eigenvalue weighted by molar-refractivity contribution is -0.117. The van der Waals surface area contributed by atoms with Crippen LogP contribution in [0.25, 0.3) is 0 Å². The van der Waals surface area contributed by atoms with Gasteiger partial charge in [-0.2, -0.15) is 12.6 Å². The third kappa shape index (κ3) is 1.77. The summed E-state index contributed by atoms with van der Waals surface area (Å²) in [6, 6.07) is 0.341. The fourth-order valence-electron chi connectivity index (χ4n) is 0.966. The molecule has 0 heterocycles. The molecule has 1 aliphatic rings. The maximum absolute atomic E-state index is 10.7. The van der Waals surface area contributed by atoms with E-state index in [1.165, 1.54) is 6.08 Å². The van der Waals surface area contributed by atoms with Crippen molar-refractivity contribution in [2.45, 2.75) is 24.1 Å². The fourth-order valence-corrected chi connectivity index (χ4v) is 1.47. The van der Waals surface area contributed by atoms with Gasteiger partial charge >= 0.3 is 0 Å². The molecule has 10 heavy (non-hydrogen) atoms. The Bertz CT molecular complexity index is 152.